The summed E-state index contributed by atoms with van der Waals surface area (Å²) >= 11 is 0. The van der Waals surface area contributed by atoms with Gasteiger partial charge in [-0.2, -0.15) is 4.98 Å². The van der Waals surface area contributed by atoms with Gasteiger partial charge in [0.2, 0.25) is 5.95 Å². The molecule has 0 aliphatic rings. The van der Waals surface area contributed by atoms with E-state index >= 15 is 0 Å². The second-order valence-electron chi connectivity index (χ2n) is 3.78. The van der Waals surface area contributed by atoms with Crippen LogP contribution in [0.2, 0.25) is 0 Å². The first-order valence-electron chi connectivity index (χ1n) is 5.50. The second kappa shape index (κ2) is 4.29. The van der Waals surface area contributed by atoms with E-state index < -0.39 is 0 Å². The highest BCUT2D eigenvalue weighted by Crippen LogP contribution is 2.11. The maximum atomic E-state index is 11.9. The summed E-state index contributed by atoms with van der Waals surface area (Å²) in [7, 11) is 0. The highest BCUT2D eigenvalue weighted by molar-refractivity contribution is 6.03. The minimum absolute atomic E-state index is 0.199. The van der Waals surface area contributed by atoms with Crippen molar-refractivity contribution in [2.75, 3.05) is 5.32 Å². The Bertz CT molecular complexity index is 657. The lowest BCUT2D eigenvalue weighted by Crippen LogP contribution is -2.12. The molecule has 0 spiro atoms. The van der Waals surface area contributed by atoms with Crippen LogP contribution in [0.3, 0.4) is 0 Å². The molecule has 3 aromatic rings. The van der Waals surface area contributed by atoms with E-state index in [1.54, 1.807) is 18.3 Å². The lowest BCUT2D eigenvalue weighted by molar-refractivity contribution is 0.102. The molecule has 2 heterocycles. The molecule has 0 aliphatic carbocycles. The van der Waals surface area contributed by atoms with Crippen LogP contribution in [0, 0.1) is 0 Å². The summed E-state index contributed by atoms with van der Waals surface area (Å²) in [5.74, 6) is 0.201. The predicted molar refractivity (Wildman–Crippen MR) is 68.3 cm³/mol. The van der Waals surface area contributed by atoms with E-state index in [-0.39, 0.29) is 5.91 Å². The quantitative estimate of drug-likeness (QED) is 0.719. The maximum absolute atomic E-state index is 11.9. The Kier molecular flexibility index (Phi) is 2.49. The molecule has 0 atom stereocenters. The lowest BCUT2D eigenvalue weighted by atomic mass is 10.2. The first-order chi connectivity index (χ1) is 8.83. The Morgan fingerprint density at radius 2 is 1.94 bits per heavy atom. The van der Waals surface area contributed by atoms with E-state index in [1.807, 2.05) is 30.3 Å². The Morgan fingerprint density at radius 3 is 2.72 bits per heavy atom. The number of rotatable bonds is 2. The number of fused-ring (bicyclic) bond motifs is 1. The summed E-state index contributed by atoms with van der Waals surface area (Å²) in [6.45, 7) is 0. The van der Waals surface area contributed by atoms with Gasteiger partial charge >= 0.3 is 0 Å². The van der Waals surface area contributed by atoms with E-state index in [1.165, 1.54) is 0 Å². The van der Waals surface area contributed by atoms with Crippen molar-refractivity contribution in [2.45, 2.75) is 0 Å². The van der Waals surface area contributed by atoms with Crippen molar-refractivity contribution in [2.24, 2.45) is 0 Å². The number of pyridine rings is 1. The molecule has 0 unspecified atom stereocenters. The second-order valence-corrected chi connectivity index (χ2v) is 3.78. The number of aromatic amines is 1. The number of carbonyl (C=O) groups excluding carboxylic acids is 1. The van der Waals surface area contributed by atoms with Gasteiger partial charge in [0, 0.05) is 11.8 Å². The number of imidazole rings is 1. The maximum Gasteiger partial charge on any atom is 0.257 e. The molecule has 0 saturated carbocycles. The number of nitrogens with zero attached hydrogens (tertiary/aromatic N) is 2. The standard InChI is InChI=1S/C13H10N4O/c18-12(9-5-2-1-3-6-9)17-13-15-10-7-4-8-14-11(10)16-13/h1-8H,(H2,14,15,16,17,18). The van der Waals surface area contributed by atoms with Gasteiger partial charge in [0.1, 0.15) is 0 Å². The Morgan fingerprint density at radius 1 is 1.11 bits per heavy atom. The minimum atomic E-state index is -0.199. The van der Waals surface area contributed by atoms with Crippen LogP contribution >= 0.6 is 0 Å². The van der Waals surface area contributed by atoms with Crippen LogP contribution in [0.25, 0.3) is 11.2 Å². The molecule has 1 amide bonds. The fourth-order valence-corrected chi connectivity index (χ4v) is 1.67. The average molecular weight is 238 g/mol. The van der Waals surface area contributed by atoms with Crippen LogP contribution in [-0.2, 0) is 0 Å². The van der Waals surface area contributed by atoms with E-state index in [0.717, 1.165) is 5.52 Å². The van der Waals surface area contributed by atoms with Crippen molar-refractivity contribution >= 4 is 23.0 Å². The number of H-pyrrole nitrogens is 1. The topological polar surface area (TPSA) is 70.7 Å². The minimum Gasteiger partial charge on any atom is -0.322 e. The van der Waals surface area contributed by atoms with Crippen molar-refractivity contribution in [3.8, 4) is 0 Å². The Hall–Kier alpha value is -2.69. The summed E-state index contributed by atoms with van der Waals surface area (Å²) in [5.41, 5.74) is 1.97. The van der Waals surface area contributed by atoms with Gasteiger partial charge in [-0.3, -0.25) is 10.1 Å². The van der Waals surface area contributed by atoms with Crippen molar-refractivity contribution in [1.29, 1.82) is 0 Å². The van der Waals surface area contributed by atoms with Gasteiger partial charge in [0.25, 0.3) is 5.91 Å². The zero-order chi connectivity index (χ0) is 12.4. The van der Waals surface area contributed by atoms with Crippen molar-refractivity contribution in [3.63, 3.8) is 0 Å². The average Bonchev–Trinajstić information content (AvgIpc) is 2.82. The molecular formula is C13H10N4O. The van der Waals surface area contributed by atoms with Gasteiger partial charge < -0.3 is 4.98 Å². The molecular weight excluding hydrogens is 228 g/mol. The van der Waals surface area contributed by atoms with Crippen LogP contribution in [0.1, 0.15) is 10.4 Å². The van der Waals surface area contributed by atoms with Crippen molar-refractivity contribution in [1.82, 2.24) is 15.0 Å². The SMILES string of the molecule is O=C(Nc1nc2ncccc2[nH]1)c1ccccc1. The molecule has 3 rings (SSSR count). The van der Waals surface area contributed by atoms with E-state index in [0.29, 0.717) is 17.2 Å². The van der Waals surface area contributed by atoms with Gasteiger partial charge in [-0.1, -0.05) is 18.2 Å². The number of carbonyl (C=O) groups is 1. The van der Waals surface area contributed by atoms with Crippen molar-refractivity contribution < 1.29 is 4.79 Å². The van der Waals surface area contributed by atoms with E-state index in [4.69, 9.17) is 0 Å². The number of nitrogens with one attached hydrogen (secondary N) is 2. The first kappa shape index (κ1) is 10.5. The number of benzene rings is 1. The van der Waals surface area contributed by atoms with E-state index in [9.17, 15) is 4.79 Å². The van der Waals surface area contributed by atoms with Gasteiger partial charge in [-0.15, -0.1) is 0 Å². The van der Waals surface area contributed by atoms with Crippen LogP contribution in [0.4, 0.5) is 5.95 Å². The van der Waals surface area contributed by atoms with E-state index in [2.05, 4.69) is 20.3 Å². The lowest BCUT2D eigenvalue weighted by Gasteiger charge is -2.00. The molecule has 2 N–H and O–H groups in total. The highest BCUT2D eigenvalue weighted by atomic mass is 16.1. The van der Waals surface area contributed by atoms with Crippen LogP contribution < -0.4 is 5.32 Å². The Labute approximate surface area is 103 Å². The molecule has 0 fully saturated rings. The molecule has 2 aromatic heterocycles. The molecule has 0 saturated heterocycles. The first-order valence-corrected chi connectivity index (χ1v) is 5.50. The van der Waals surface area contributed by atoms with Crippen LogP contribution in [-0.4, -0.2) is 20.9 Å². The molecule has 0 bridgehead atoms. The number of aromatic nitrogens is 3. The molecule has 1 aromatic carbocycles. The van der Waals surface area contributed by atoms with Gasteiger partial charge in [-0.25, -0.2) is 4.98 Å². The number of hydrogen-bond acceptors (Lipinski definition) is 3. The smallest absolute Gasteiger partial charge is 0.257 e. The fraction of sp³-hybridized carbons (Fsp3) is 0. The summed E-state index contributed by atoms with van der Waals surface area (Å²) < 4.78 is 0. The van der Waals surface area contributed by atoms with Crippen molar-refractivity contribution in [3.05, 3.63) is 54.2 Å². The third kappa shape index (κ3) is 1.93. The largest absolute Gasteiger partial charge is 0.322 e. The van der Waals surface area contributed by atoms with Crippen LogP contribution in [0.5, 0.6) is 0 Å². The van der Waals surface area contributed by atoms with Gasteiger partial charge in [-0.05, 0) is 24.3 Å². The zero-order valence-corrected chi connectivity index (χ0v) is 9.42. The summed E-state index contributed by atoms with van der Waals surface area (Å²) in [6.07, 6.45) is 1.66. The molecule has 18 heavy (non-hydrogen) atoms. The highest BCUT2D eigenvalue weighted by Gasteiger charge is 2.08. The monoisotopic (exact) mass is 238 g/mol. The number of anilines is 1. The summed E-state index contributed by atoms with van der Waals surface area (Å²) in [6, 6.07) is 12.6. The number of hydrogen-bond donors (Lipinski definition) is 2. The molecule has 0 aliphatic heterocycles. The fourth-order valence-electron chi connectivity index (χ4n) is 1.67. The normalized spacial score (nSPS) is 10.4. The third-order valence-electron chi connectivity index (χ3n) is 2.53. The molecule has 5 heteroatoms. The third-order valence-corrected chi connectivity index (χ3v) is 2.53. The van der Waals surface area contributed by atoms with Gasteiger partial charge in [0.15, 0.2) is 5.65 Å². The molecule has 88 valence electrons. The zero-order valence-electron chi connectivity index (χ0n) is 9.42. The van der Waals surface area contributed by atoms with Gasteiger partial charge in [0.05, 0.1) is 5.52 Å². The molecule has 0 radical (unpaired) electrons. The van der Waals surface area contributed by atoms with Crippen LogP contribution in [0.15, 0.2) is 48.7 Å². The Balaban J connectivity index is 1.86. The summed E-state index contributed by atoms with van der Waals surface area (Å²) in [5, 5.41) is 2.70. The number of amides is 1. The predicted octanol–water partition coefficient (Wildman–Crippen LogP) is 2.21. The summed E-state index contributed by atoms with van der Waals surface area (Å²) in [4.78, 5) is 23.2. The molecule has 5 nitrogen and oxygen atoms in total.